The predicted octanol–water partition coefficient (Wildman–Crippen LogP) is 2.40. The fourth-order valence-corrected chi connectivity index (χ4v) is 4.19. The largest absolute Gasteiger partial charge is 0.415 e. The van der Waals surface area contributed by atoms with Gasteiger partial charge in [0.15, 0.2) is 0 Å². The Bertz CT molecular complexity index is 1190. The number of rotatable bonds is 5. The molecule has 0 unspecified atom stereocenters. The van der Waals surface area contributed by atoms with Crippen LogP contribution in [-0.4, -0.2) is 64.4 Å². The Morgan fingerprint density at radius 1 is 1.10 bits per heavy atom. The summed E-state index contributed by atoms with van der Waals surface area (Å²) in [5, 5.41) is 8.26. The summed E-state index contributed by atoms with van der Waals surface area (Å²) in [6, 6.07) is 9.52. The van der Waals surface area contributed by atoms with Crippen molar-refractivity contribution in [1.82, 2.24) is 28.8 Å². The molecule has 0 amide bonds. The van der Waals surface area contributed by atoms with Crippen molar-refractivity contribution in [3.05, 3.63) is 54.0 Å². The van der Waals surface area contributed by atoms with Gasteiger partial charge in [-0.2, -0.15) is 17.0 Å². The molecule has 156 valence electrons. The molecule has 3 aromatic rings. The maximum absolute atomic E-state index is 12.3. The highest BCUT2D eigenvalue weighted by molar-refractivity contribution is 7.86. The first-order chi connectivity index (χ1) is 14.4. The van der Waals surface area contributed by atoms with Gasteiger partial charge in [-0.15, -0.1) is 10.2 Å². The van der Waals surface area contributed by atoms with Crippen molar-refractivity contribution in [2.75, 3.05) is 27.2 Å². The minimum Gasteiger partial charge on any atom is -0.415 e. The summed E-state index contributed by atoms with van der Waals surface area (Å²) in [5.41, 5.74) is 3.64. The Labute approximate surface area is 175 Å². The second-order valence-corrected chi connectivity index (χ2v) is 9.24. The van der Waals surface area contributed by atoms with Gasteiger partial charge in [-0.1, -0.05) is 24.3 Å². The van der Waals surface area contributed by atoms with Crippen molar-refractivity contribution < 1.29 is 12.8 Å². The van der Waals surface area contributed by atoms with Crippen molar-refractivity contribution in [3.8, 4) is 23.0 Å². The lowest BCUT2D eigenvalue weighted by molar-refractivity contribution is 0.396. The quantitative estimate of drug-likeness (QED) is 0.617. The molecule has 10 heteroatoms. The van der Waals surface area contributed by atoms with Crippen LogP contribution in [-0.2, 0) is 10.2 Å². The van der Waals surface area contributed by atoms with Gasteiger partial charge in [-0.05, 0) is 31.1 Å². The number of hydrogen-bond donors (Lipinski definition) is 0. The summed E-state index contributed by atoms with van der Waals surface area (Å²) in [6.07, 6.45) is 4.11. The summed E-state index contributed by atoms with van der Waals surface area (Å²) < 4.78 is 33.1. The summed E-state index contributed by atoms with van der Waals surface area (Å²) in [7, 11) is -0.378. The topological polar surface area (TPSA) is 105 Å². The normalized spacial score (nSPS) is 15.4. The molecule has 0 bridgehead atoms. The van der Waals surface area contributed by atoms with E-state index in [1.165, 1.54) is 22.7 Å². The van der Waals surface area contributed by atoms with Crippen LogP contribution in [0.1, 0.15) is 17.8 Å². The highest BCUT2D eigenvalue weighted by Crippen LogP contribution is 2.27. The molecule has 1 aromatic carbocycles. The first kappa shape index (κ1) is 20.3. The SMILES string of the molecule is Cc1ncc(C2=CCN(S(=O)(=O)N(C)C)CC2)nc1-c1nnc(-c2ccccc2)o1. The molecular formula is C20H22N6O3S. The summed E-state index contributed by atoms with van der Waals surface area (Å²) in [4.78, 5) is 9.13. The van der Waals surface area contributed by atoms with E-state index in [0.29, 0.717) is 48.4 Å². The maximum Gasteiger partial charge on any atom is 0.281 e. The minimum absolute atomic E-state index is 0.291. The van der Waals surface area contributed by atoms with Crippen LogP contribution in [0, 0.1) is 6.92 Å². The lowest BCUT2D eigenvalue weighted by atomic mass is 10.1. The van der Waals surface area contributed by atoms with Gasteiger partial charge in [-0.3, -0.25) is 4.98 Å². The van der Waals surface area contributed by atoms with Crippen LogP contribution in [0.3, 0.4) is 0 Å². The second-order valence-electron chi connectivity index (χ2n) is 7.10. The lowest BCUT2D eigenvalue weighted by Crippen LogP contribution is -2.42. The monoisotopic (exact) mass is 426 g/mol. The Kier molecular flexibility index (Phi) is 5.46. The first-order valence-electron chi connectivity index (χ1n) is 9.46. The van der Waals surface area contributed by atoms with Crippen LogP contribution in [0.4, 0.5) is 0 Å². The Morgan fingerprint density at radius 2 is 1.83 bits per heavy atom. The van der Waals surface area contributed by atoms with Gasteiger partial charge in [0.2, 0.25) is 5.89 Å². The summed E-state index contributed by atoms with van der Waals surface area (Å²) >= 11 is 0. The zero-order valence-corrected chi connectivity index (χ0v) is 17.8. The van der Waals surface area contributed by atoms with E-state index in [1.54, 1.807) is 6.20 Å². The van der Waals surface area contributed by atoms with E-state index in [0.717, 1.165) is 11.1 Å². The van der Waals surface area contributed by atoms with Crippen molar-refractivity contribution in [3.63, 3.8) is 0 Å². The zero-order chi connectivity index (χ0) is 21.3. The van der Waals surface area contributed by atoms with E-state index in [-0.39, 0.29) is 0 Å². The fourth-order valence-electron chi connectivity index (χ4n) is 3.15. The molecule has 0 saturated carbocycles. The average Bonchev–Trinajstić information content (AvgIpc) is 3.25. The van der Waals surface area contributed by atoms with E-state index < -0.39 is 10.2 Å². The molecule has 0 saturated heterocycles. The maximum atomic E-state index is 12.3. The molecular weight excluding hydrogens is 404 g/mol. The molecule has 0 atom stereocenters. The summed E-state index contributed by atoms with van der Waals surface area (Å²) in [6.45, 7) is 2.51. The van der Waals surface area contributed by atoms with Gasteiger partial charge in [0.25, 0.3) is 16.1 Å². The predicted molar refractivity (Wildman–Crippen MR) is 112 cm³/mol. The molecule has 30 heavy (non-hydrogen) atoms. The van der Waals surface area contributed by atoms with Gasteiger partial charge >= 0.3 is 0 Å². The zero-order valence-electron chi connectivity index (χ0n) is 17.0. The first-order valence-corrected chi connectivity index (χ1v) is 10.9. The van der Waals surface area contributed by atoms with Crippen molar-refractivity contribution in [2.45, 2.75) is 13.3 Å². The molecule has 0 radical (unpaired) electrons. The van der Waals surface area contributed by atoms with Gasteiger partial charge in [0.1, 0.15) is 5.69 Å². The minimum atomic E-state index is -3.43. The van der Waals surface area contributed by atoms with Crippen LogP contribution in [0.15, 0.2) is 47.0 Å². The average molecular weight is 427 g/mol. The Balaban J connectivity index is 1.61. The second kappa shape index (κ2) is 8.05. The summed E-state index contributed by atoms with van der Waals surface area (Å²) in [5.74, 6) is 0.715. The smallest absolute Gasteiger partial charge is 0.281 e. The lowest BCUT2D eigenvalue weighted by Gasteiger charge is -2.28. The van der Waals surface area contributed by atoms with Crippen LogP contribution in [0.5, 0.6) is 0 Å². The number of hydrogen-bond acceptors (Lipinski definition) is 7. The molecule has 1 aliphatic heterocycles. The molecule has 0 fully saturated rings. The molecule has 0 spiro atoms. The van der Waals surface area contributed by atoms with Crippen LogP contribution in [0.25, 0.3) is 28.6 Å². The number of benzene rings is 1. The van der Waals surface area contributed by atoms with Crippen molar-refractivity contribution in [1.29, 1.82) is 0 Å². The molecule has 4 rings (SSSR count). The molecule has 0 aliphatic carbocycles. The van der Waals surface area contributed by atoms with Gasteiger partial charge in [0, 0.05) is 32.7 Å². The molecule has 9 nitrogen and oxygen atoms in total. The van der Waals surface area contributed by atoms with Crippen molar-refractivity contribution in [2.24, 2.45) is 0 Å². The highest BCUT2D eigenvalue weighted by Gasteiger charge is 2.27. The van der Waals surface area contributed by atoms with Crippen LogP contribution < -0.4 is 0 Å². The van der Waals surface area contributed by atoms with E-state index in [9.17, 15) is 8.42 Å². The van der Waals surface area contributed by atoms with Gasteiger partial charge in [0.05, 0.1) is 17.6 Å². The number of aromatic nitrogens is 4. The van der Waals surface area contributed by atoms with E-state index >= 15 is 0 Å². The van der Waals surface area contributed by atoms with E-state index in [2.05, 4.69) is 15.2 Å². The molecule has 0 N–H and O–H groups in total. The number of nitrogens with zero attached hydrogens (tertiary/aromatic N) is 6. The van der Waals surface area contributed by atoms with Crippen LogP contribution >= 0.6 is 0 Å². The molecule has 1 aliphatic rings. The van der Waals surface area contributed by atoms with Crippen LogP contribution in [0.2, 0.25) is 0 Å². The highest BCUT2D eigenvalue weighted by atomic mass is 32.2. The van der Waals surface area contributed by atoms with E-state index in [1.807, 2.05) is 43.3 Å². The Hall–Kier alpha value is -2.95. The standard InChI is InChI=1S/C20H22N6O3S/c1-14-18(20-24-23-19(29-20)16-7-5-4-6-8-16)22-17(13-21-14)15-9-11-26(12-10-15)30(27,28)25(2)3/h4-9,13H,10-12H2,1-3H3. The fraction of sp³-hybridized carbons (Fsp3) is 0.300. The number of aryl methyl sites for hydroxylation is 1. The third-order valence-electron chi connectivity index (χ3n) is 4.89. The van der Waals surface area contributed by atoms with Gasteiger partial charge < -0.3 is 4.42 Å². The molecule has 2 aromatic heterocycles. The Morgan fingerprint density at radius 3 is 2.50 bits per heavy atom. The van der Waals surface area contributed by atoms with Gasteiger partial charge in [-0.25, -0.2) is 4.98 Å². The third kappa shape index (κ3) is 3.89. The third-order valence-corrected chi connectivity index (χ3v) is 6.80. The molecule has 3 heterocycles. The van der Waals surface area contributed by atoms with Crippen molar-refractivity contribution >= 4 is 15.8 Å². The van der Waals surface area contributed by atoms with E-state index in [4.69, 9.17) is 9.40 Å².